The Bertz CT molecular complexity index is 1120. The van der Waals surface area contributed by atoms with Gasteiger partial charge in [-0.3, -0.25) is 4.79 Å². The number of anilines is 1. The molecule has 0 aliphatic rings. The van der Waals surface area contributed by atoms with Crippen LogP contribution in [0.15, 0.2) is 71.1 Å². The van der Waals surface area contributed by atoms with Crippen LogP contribution in [0.5, 0.6) is 5.75 Å². The van der Waals surface area contributed by atoms with Gasteiger partial charge in [0.1, 0.15) is 23.5 Å². The summed E-state index contributed by atoms with van der Waals surface area (Å²) in [6.07, 6.45) is 0. The maximum atomic E-state index is 12.5. The largest absolute Gasteiger partial charge is 0.497 e. The zero-order valence-corrected chi connectivity index (χ0v) is 16.0. The van der Waals surface area contributed by atoms with Crippen molar-refractivity contribution in [1.82, 2.24) is 0 Å². The van der Waals surface area contributed by atoms with E-state index in [2.05, 4.69) is 5.32 Å². The number of fused-ring (bicyclic) bond motifs is 3. The average Bonchev–Trinajstić information content (AvgIpc) is 3.06. The SMILES string of the molecule is COc1ccc(C[NH+](C)CC(=O)Nc2ccc3oc4ccccc4c3c2)cc1. The van der Waals surface area contributed by atoms with E-state index >= 15 is 0 Å². The zero-order chi connectivity index (χ0) is 19.5. The van der Waals surface area contributed by atoms with E-state index in [-0.39, 0.29) is 5.91 Å². The highest BCUT2D eigenvalue weighted by Gasteiger charge is 2.13. The first-order valence-corrected chi connectivity index (χ1v) is 9.28. The summed E-state index contributed by atoms with van der Waals surface area (Å²) in [6, 6.07) is 21.6. The van der Waals surface area contributed by atoms with Crippen molar-refractivity contribution in [3.8, 4) is 5.75 Å². The van der Waals surface area contributed by atoms with Crippen LogP contribution >= 0.6 is 0 Å². The van der Waals surface area contributed by atoms with Crippen LogP contribution < -0.4 is 15.0 Å². The number of quaternary nitrogens is 1. The predicted octanol–water partition coefficient (Wildman–Crippen LogP) is 3.25. The van der Waals surface area contributed by atoms with Gasteiger partial charge in [-0.25, -0.2) is 0 Å². The Kier molecular flexibility index (Phi) is 5.00. The molecule has 0 fully saturated rings. The third-order valence-corrected chi connectivity index (χ3v) is 4.79. The van der Waals surface area contributed by atoms with Crippen LogP contribution in [0.4, 0.5) is 5.69 Å². The molecule has 28 heavy (non-hydrogen) atoms. The fourth-order valence-electron chi connectivity index (χ4n) is 3.44. The van der Waals surface area contributed by atoms with E-state index in [0.29, 0.717) is 6.54 Å². The summed E-state index contributed by atoms with van der Waals surface area (Å²) in [7, 11) is 3.66. The van der Waals surface area contributed by atoms with Gasteiger partial charge in [0, 0.05) is 22.0 Å². The van der Waals surface area contributed by atoms with Crippen LogP contribution in [0.25, 0.3) is 21.9 Å². The molecule has 1 aromatic heterocycles. The third-order valence-electron chi connectivity index (χ3n) is 4.79. The first kappa shape index (κ1) is 18.1. The summed E-state index contributed by atoms with van der Waals surface area (Å²) in [5.74, 6) is 0.819. The molecular formula is C23H23N2O3+. The van der Waals surface area contributed by atoms with Crippen LogP contribution in [0.2, 0.25) is 0 Å². The lowest BCUT2D eigenvalue weighted by Gasteiger charge is -2.14. The number of hydrogen-bond donors (Lipinski definition) is 2. The van der Waals surface area contributed by atoms with Crippen LogP contribution in [0.1, 0.15) is 5.56 Å². The summed E-state index contributed by atoms with van der Waals surface area (Å²) < 4.78 is 11.0. The number of amides is 1. The molecule has 142 valence electrons. The van der Waals surface area contributed by atoms with E-state index in [1.165, 1.54) is 0 Å². The highest BCUT2D eigenvalue weighted by molar-refractivity contribution is 6.06. The molecule has 5 heteroatoms. The molecule has 1 amide bonds. The van der Waals surface area contributed by atoms with Gasteiger partial charge in [0.25, 0.3) is 5.91 Å². The molecule has 0 aliphatic carbocycles. The number of ether oxygens (including phenoxy) is 1. The monoisotopic (exact) mass is 375 g/mol. The summed E-state index contributed by atoms with van der Waals surface area (Å²) in [5.41, 5.74) is 3.62. The first-order chi connectivity index (χ1) is 13.6. The molecule has 0 radical (unpaired) electrons. The van der Waals surface area contributed by atoms with Gasteiger partial charge in [0.05, 0.1) is 14.2 Å². The number of para-hydroxylation sites is 1. The lowest BCUT2D eigenvalue weighted by molar-refractivity contribution is -0.885. The molecule has 0 saturated carbocycles. The number of hydrogen-bond acceptors (Lipinski definition) is 3. The number of nitrogens with one attached hydrogen (secondary N) is 2. The van der Waals surface area contributed by atoms with Gasteiger partial charge in [-0.05, 0) is 48.5 Å². The lowest BCUT2D eigenvalue weighted by Crippen LogP contribution is -3.08. The lowest BCUT2D eigenvalue weighted by atomic mass is 10.1. The molecule has 1 atom stereocenters. The van der Waals surface area contributed by atoms with E-state index in [0.717, 1.165) is 50.4 Å². The van der Waals surface area contributed by atoms with Gasteiger partial charge in [0.2, 0.25) is 0 Å². The Morgan fingerprint density at radius 3 is 2.54 bits per heavy atom. The van der Waals surface area contributed by atoms with E-state index in [1.807, 2.05) is 73.8 Å². The minimum atomic E-state index is -0.0156. The second-order valence-corrected chi connectivity index (χ2v) is 7.02. The van der Waals surface area contributed by atoms with Crippen molar-refractivity contribution < 1.29 is 18.8 Å². The van der Waals surface area contributed by atoms with E-state index < -0.39 is 0 Å². The molecule has 5 nitrogen and oxygen atoms in total. The molecule has 0 spiro atoms. The van der Waals surface area contributed by atoms with Gasteiger partial charge >= 0.3 is 0 Å². The number of carbonyl (C=O) groups is 1. The molecule has 0 bridgehead atoms. The van der Waals surface area contributed by atoms with Crippen LogP contribution in [0, 0.1) is 0 Å². The summed E-state index contributed by atoms with van der Waals surface area (Å²) in [4.78, 5) is 13.6. The van der Waals surface area contributed by atoms with E-state index in [1.54, 1.807) is 7.11 Å². The smallest absolute Gasteiger partial charge is 0.279 e. The minimum absolute atomic E-state index is 0.0156. The van der Waals surface area contributed by atoms with Gasteiger partial charge < -0.3 is 19.4 Å². The Morgan fingerprint density at radius 2 is 1.75 bits per heavy atom. The number of benzene rings is 3. The number of rotatable bonds is 6. The number of furan rings is 1. The number of likely N-dealkylation sites (N-methyl/N-ethyl adjacent to an activating group) is 1. The third kappa shape index (κ3) is 3.85. The highest BCUT2D eigenvalue weighted by atomic mass is 16.5. The zero-order valence-electron chi connectivity index (χ0n) is 16.0. The molecule has 4 aromatic rings. The summed E-state index contributed by atoms with van der Waals surface area (Å²) in [5, 5.41) is 5.06. The number of methoxy groups -OCH3 is 1. The van der Waals surface area contributed by atoms with Crippen molar-refractivity contribution in [2.24, 2.45) is 0 Å². The molecule has 3 aromatic carbocycles. The van der Waals surface area contributed by atoms with Gasteiger partial charge in [-0.2, -0.15) is 0 Å². The quantitative estimate of drug-likeness (QED) is 0.544. The number of carbonyl (C=O) groups excluding carboxylic acids is 1. The van der Waals surface area contributed by atoms with Crippen molar-refractivity contribution in [3.63, 3.8) is 0 Å². The fraction of sp³-hybridized carbons (Fsp3) is 0.174. The van der Waals surface area contributed by atoms with E-state index in [4.69, 9.17) is 9.15 Å². The van der Waals surface area contributed by atoms with Crippen molar-refractivity contribution in [1.29, 1.82) is 0 Å². The highest BCUT2D eigenvalue weighted by Crippen LogP contribution is 2.30. The summed E-state index contributed by atoms with van der Waals surface area (Å²) >= 11 is 0. The van der Waals surface area contributed by atoms with Gasteiger partial charge in [0.15, 0.2) is 6.54 Å². The minimum Gasteiger partial charge on any atom is -0.497 e. The molecule has 1 unspecified atom stereocenters. The fourth-order valence-corrected chi connectivity index (χ4v) is 3.44. The van der Waals surface area contributed by atoms with Crippen molar-refractivity contribution in [3.05, 3.63) is 72.3 Å². The molecule has 1 heterocycles. The molecular weight excluding hydrogens is 352 g/mol. The Labute approximate surface area is 163 Å². The molecule has 0 aliphatic heterocycles. The Hall–Kier alpha value is -3.31. The first-order valence-electron chi connectivity index (χ1n) is 9.28. The van der Waals surface area contributed by atoms with Crippen LogP contribution in [-0.2, 0) is 11.3 Å². The van der Waals surface area contributed by atoms with Gasteiger partial charge in [-0.1, -0.05) is 18.2 Å². The summed E-state index contributed by atoms with van der Waals surface area (Å²) in [6.45, 7) is 1.15. The molecule has 4 rings (SSSR count). The topological polar surface area (TPSA) is 55.9 Å². The van der Waals surface area contributed by atoms with Gasteiger partial charge in [-0.15, -0.1) is 0 Å². The van der Waals surface area contributed by atoms with E-state index in [9.17, 15) is 4.79 Å². The molecule has 2 N–H and O–H groups in total. The normalized spacial score (nSPS) is 12.2. The second-order valence-electron chi connectivity index (χ2n) is 7.02. The van der Waals surface area contributed by atoms with Crippen molar-refractivity contribution in [2.75, 3.05) is 26.0 Å². The molecule has 0 saturated heterocycles. The van der Waals surface area contributed by atoms with Crippen molar-refractivity contribution >= 4 is 33.5 Å². The van der Waals surface area contributed by atoms with Crippen LogP contribution in [-0.4, -0.2) is 26.6 Å². The standard InChI is InChI=1S/C23H22N2O3/c1-25(14-16-7-10-18(27-2)11-8-16)15-23(26)24-17-9-12-22-20(13-17)19-5-3-4-6-21(19)28-22/h3-13H,14-15H2,1-2H3,(H,24,26)/p+1. The van der Waals surface area contributed by atoms with Crippen molar-refractivity contribution in [2.45, 2.75) is 6.54 Å². The maximum Gasteiger partial charge on any atom is 0.279 e. The average molecular weight is 375 g/mol. The second kappa shape index (κ2) is 7.74. The predicted molar refractivity (Wildman–Crippen MR) is 111 cm³/mol. The maximum absolute atomic E-state index is 12.5. The van der Waals surface area contributed by atoms with Crippen LogP contribution in [0.3, 0.4) is 0 Å². The Balaban J connectivity index is 1.41. The Morgan fingerprint density at radius 1 is 1.00 bits per heavy atom.